The Labute approximate surface area is 127 Å². The SMILES string of the molecule is CCC1CCCCC1NC(=O)c1cc(N)ccc1C.Cl. The molecule has 1 fully saturated rings. The van der Waals surface area contributed by atoms with Gasteiger partial charge in [-0.05, 0) is 43.4 Å². The van der Waals surface area contributed by atoms with Crippen molar-refractivity contribution in [1.29, 1.82) is 0 Å². The van der Waals surface area contributed by atoms with E-state index in [-0.39, 0.29) is 18.3 Å². The van der Waals surface area contributed by atoms with Gasteiger partial charge in [0.2, 0.25) is 0 Å². The minimum atomic E-state index is 0. The van der Waals surface area contributed by atoms with Crippen molar-refractivity contribution in [2.45, 2.75) is 52.0 Å². The summed E-state index contributed by atoms with van der Waals surface area (Å²) in [6.45, 7) is 4.16. The Balaban J connectivity index is 0.00000200. The smallest absolute Gasteiger partial charge is 0.251 e. The summed E-state index contributed by atoms with van der Waals surface area (Å²) < 4.78 is 0. The lowest BCUT2D eigenvalue weighted by Gasteiger charge is -2.31. The summed E-state index contributed by atoms with van der Waals surface area (Å²) in [6, 6.07) is 5.84. The first-order valence-corrected chi connectivity index (χ1v) is 7.28. The average Bonchev–Trinajstić information content (AvgIpc) is 2.42. The number of hydrogen-bond acceptors (Lipinski definition) is 2. The number of aryl methyl sites for hydroxylation is 1. The van der Waals surface area contributed by atoms with E-state index >= 15 is 0 Å². The van der Waals surface area contributed by atoms with Crippen molar-refractivity contribution in [1.82, 2.24) is 5.32 Å². The molecule has 4 heteroatoms. The molecule has 112 valence electrons. The van der Waals surface area contributed by atoms with Crippen molar-refractivity contribution < 1.29 is 4.79 Å². The summed E-state index contributed by atoms with van der Waals surface area (Å²) >= 11 is 0. The number of halogens is 1. The monoisotopic (exact) mass is 296 g/mol. The number of rotatable bonds is 3. The van der Waals surface area contributed by atoms with Crippen molar-refractivity contribution in [3.8, 4) is 0 Å². The van der Waals surface area contributed by atoms with Gasteiger partial charge in [-0.3, -0.25) is 4.79 Å². The quantitative estimate of drug-likeness (QED) is 0.836. The average molecular weight is 297 g/mol. The highest BCUT2D eigenvalue weighted by Gasteiger charge is 2.25. The number of hydrogen-bond donors (Lipinski definition) is 2. The van der Waals surface area contributed by atoms with Gasteiger partial charge in [-0.2, -0.15) is 0 Å². The molecule has 1 aromatic rings. The van der Waals surface area contributed by atoms with E-state index in [4.69, 9.17) is 5.73 Å². The molecule has 2 unspecified atom stereocenters. The highest BCUT2D eigenvalue weighted by Crippen LogP contribution is 2.27. The first-order chi connectivity index (χ1) is 9.11. The highest BCUT2D eigenvalue weighted by atomic mass is 35.5. The minimum Gasteiger partial charge on any atom is -0.399 e. The van der Waals surface area contributed by atoms with Gasteiger partial charge in [-0.25, -0.2) is 0 Å². The van der Waals surface area contributed by atoms with Gasteiger partial charge in [0.1, 0.15) is 0 Å². The first-order valence-electron chi connectivity index (χ1n) is 7.28. The van der Waals surface area contributed by atoms with Crippen LogP contribution in [0.15, 0.2) is 18.2 Å². The molecule has 0 spiro atoms. The standard InChI is InChI=1S/C16H24N2O.ClH/c1-3-12-6-4-5-7-15(12)18-16(19)14-10-13(17)9-8-11(14)2;/h8-10,12,15H,3-7,17H2,1-2H3,(H,18,19);1H. The largest absolute Gasteiger partial charge is 0.399 e. The fraction of sp³-hybridized carbons (Fsp3) is 0.562. The minimum absolute atomic E-state index is 0. The topological polar surface area (TPSA) is 55.1 Å². The first kappa shape index (κ1) is 16.8. The van der Waals surface area contributed by atoms with Crippen molar-refractivity contribution in [3.63, 3.8) is 0 Å². The Morgan fingerprint density at radius 1 is 1.35 bits per heavy atom. The van der Waals surface area contributed by atoms with E-state index in [9.17, 15) is 4.79 Å². The predicted molar refractivity (Wildman–Crippen MR) is 86.3 cm³/mol. The van der Waals surface area contributed by atoms with Crippen LogP contribution in [0.5, 0.6) is 0 Å². The van der Waals surface area contributed by atoms with E-state index in [1.165, 1.54) is 19.3 Å². The third kappa shape index (κ3) is 3.89. The lowest BCUT2D eigenvalue weighted by molar-refractivity contribution is 0.0904. The molecule has 0 bridgehead atoms. The van der Waals surface area contributed by atoms with Crippen LogP contribution in [-0.2, 0) is 0 Å². The highest BCUT2D eigenvalue weighted by molar-refractivity contribution is 5.96. The zero-order valence-corrected chi connectivity index (χ0v) is 13.1. The molecule has 0 aliphatic heterocycles. The van der Waals surface area contributed by atoms with Crippen LogP contribution in [0.2, 0.25) is 0 Å². The predicted octanol–water partition coefficient (Wildman–Crippen LogP) is 3.70. The Hall–Kier alpha value is -1.22. The van der Waals surface area contributed by atoms with Crippen molar-refractivity contribution >= 4 is 24.0 Å². The van der Waals surface area contributed by atoms with Crippen LogP contribution in [0.4, 0.5) is 5.69 Å². The number of anilines is 1. The second-order valence-electron chi connectivity index (χ2n) is 5.61. The van der Waals surface area contributed by atoms with E-state index in [1.807, 2.05) is 19.1 Å². The van der Waals surface area contributed by atoms with Crippen LogP contribution >= 0.6 is 12.4 Å². The molecule has 1 aliphatic rings. The summed E-state index contributed by atoms with van der Waals surface area (Å²) in [5.41, 5.74) is 8.11. The Morgan fingerprint density at radius 2 is 2.05 bits per heavy atom. The van der Waals surface area contributed by atoms with Gasteiger partial charge in [0.25, 0.3) is 5.91 Å². The molecule has 1 saturated carbocycles. The summed E-state index contributed by atoms with van der Waals surface area (Å²) in [5.74, 6) is 0.647. The molecule has 1 aliphatic carbocycles. The van der Waals surface area contributed by atoms with Crippen LogP contribution in [0.1, 0.15) is 54.9 Å². The summed E-state index contributed by atoms with van der Waals surface area (Å²) in [6.07, 6.45) is 5.99. The maximum absolute atomic E-state index is 12.4. The normalized spacial score (nSPS) is 21.9. The van der Waals surface area contributed by atoms with Gasteiger partial charge < -0.3 is 11.1 Å². The van der Waals surface area contributed by atoms with Gasteiger partial charge in [0.05, 0.1) is 0 Å². The fourth-order valence-electron chi connectivity index (χ4n) is 3.02. The molecule has 3 N–H and O–H groups in total. The summed E-state index contributed by atoms with van der Waals surface area (Å²) in [4.78, 5) is 12.4. The molecule has 0 aromatic heterocycles. The lowest BCUT2D eigenvalue weighted by Crippen LogP contribution is -2.42. The van der Waals surface area contributed by atoms with Crippen molar-refractivity contribution in [2.75, 3.05) is 5.73 Å². The molecule has 1 aromatic carbocycles. The molecule has 0 radical (unpaired) electrons. The van der Waals surface area contributed by atoms with Gasteiger partial charge in [-0.1, -0.05) is 32.3 Å². The van der Waals surface area contributed by atoms with Gasteiger partial charge >= 0.3 is 0 Å². The molecular weight excluding hydrogens is 272 g/mol. The van der Waals surface area contributed by atoms with E-state index in [1.54, 1.807) is 6.07 Å². The summed E-state index contributed by atoms with van der Waals surface area (Å²) in [7, 11) is 0. The molecule has 1 amide bonds. The number of carbonyl (C=O) groups excluding carboxylic acids is 1. The summed E-state index contributed by atoms with van der Waals surface area (Å²) in [5, 5.41) is 3.21. The van der Waals surface area contributed by atoms with E-state index in [2.05, 4.69) is 12.2 Å². The lowest BCUT2D eigenvalue weighted by atomic mass is 9.82. The van der Waals surface area contributed by atoms with Crippen molar-refractivity contribution in [2.24, 2.45) is 5.92 Å². The maximum atomic E-state index is 12.4. The Bertz CT molecular complexity index is 462. The third-order valence-electron chi connectivity index (χ3n) is 4.26. The maximum Gasteiger partial charge on any atom is 0.251 e. The van der Waals surface area contributed by atoms with E-state index in [0.29, 0.717) is 23.2 Å². The van der Waals surface area contributed by atoms with Gasteiger partial charge in [0, 0.05) is 17.3 Å². The zero-order chi connectivity index (χ0) is 13.8. The van der Waals surface area contributed by atoms with Crippen molar-refractivity contribution in [3.05, 3.63) is 29.3 Å². The molecule has 0 heterocycles. The van der Waals surface area contributed by atoms with Crippen LogP contribution < -0.4 is 11.1 Å². The molecule has 2 atom stereocenters. The van der Waals surface area contributed by atoms with Gasteiger partial charge in [-0.15, -0.1) is 12.4 Å². The number of nitrogens with one attached hydrogen (secondary N) is 1. The number of carbonyl (C=O) groups is 1. The number of amides is 1. The zero-order valence-electron chi connectivity index (χ0n) is 12.3. The van der Waals surface area contributed by atoms with Crippen LogP contribution in [0.25, 0.3) is 0 Å². The molecule has 0 saturated heterocycles. The third-order valence-corrected chi connectivity index (χ3v) is 4.26. The number of nitrogen functional groups attached to an aromatic ring is 1. The van der Waals surface area contributed by atoms with Gasteiger partial charge in [0.15, 0.2) is 0 Å². The Kier molecular flexibility index (Phi) is 6.34. The molecule has 3 nitrogen and oxygen atoms in total. The van der Waals surface area contributed by atoms with E-state index in [0.717, 1.165) is 18.4 Å². The number of benzene rings is 1. The van der Waals surface area contributed by atoms with Crippen LogP contribution in [0, 0.1) is 12.8 Å². The van der Waals surface area contributed by atoms with Crippen LogP contribution in [-0.4, -0.2) is 11.9 Å². The number of nitrogens with two attached hydrogens (primary N) is 1. The molecular formula is C16H25ClN2O. The molecule has 20 heavy (non-hydrogen) atoms. The fourth-order valence-corrected chi connectivity index (χ4v) is 3.02. The van der Waals surface area contributed by atoms with E-state index < -0.39 is 0 Å². The second kappa shape index (κ2) is 7.53. The van der Waals surface area contributed by atoms with Crippen LogP contribution in [0.3, 0.4) is 0 Å². The second-order valence-corrected chi connectivity index (χ2v) is 5.61. The molecule has 2 rings (SSSR count). The Morgan fingerprint density at radius 3 is 2.75 bits per heavy atom.